The highest BCUT2D eigenvalue weighted by molar-refractivity contribution is 7.80. The first-order valence-corrected chi connectivity index (χ1v) is 47.5. The number of aliphatic hydroxyl groups excluding tert-OH is 2. The van der Waals surface area contributed by atoms with Crippen LogP contribution in [0.15, 0.2) is 24.3 Å². The highest BCUT2D eigenvalue weighted by atomic mass is 32.1. The van der Waals surface area contributed by atoms with Gasteiger partial charge in [0.1, 0.15) is 115 Å². The Morgan fingerprint density at radius 3 is 1.20 bits per heavy atom. The number of thiol groups is 1. The summed E-state index contributed by atoms with van der Waals surface area (Å²) in [5, 5.41) is 107. The van der Waals surface area contributed by atoms with Gasteiger partial charge in [0.2, 0.25) is 112 Å². The molecule has 1 aromatic rings. The summed E-state index contributed by atoms with van der Waals surface area (Å²) < 4.78 is 0. The minimum atomic E-state index is -2.10. The van der Waals surface area contributed by atoms with E-state index in [1.165, 1.54) is 77.6 Å². The minimum Gasteiger partial charge on any atom is -0.508 e. The lowest BCUT2D eigenvalue weighted by Crippen LogP contribution is -2.63. The number of unbranched alkanes of at least 4 members (excludes halogenated alkanes) is 1. The van der Waals surface area contributed by atoms with Crippen molar-refractivity contribution in [2.75, 3.05) is 31.9 Å². The number of hydrogen-bond donors (Lipinski definition) is 26. The van der Waals surface area contributed by atoms with Crippen LogP contribution in [0.3, 0.4) is 0 Å². The second-order valence-corrected chi connectivity index (χ2v) is 36.7. The second kappa shape index (κ2) is 57.7. The number of nitrogens with two attached hydrogens (primary N) is 3. The van der Waals surface area contributed by atoms with Gasteiger partial charge in [-0.1, -0.05) is 80.4 Å². The van der Waals surface area contributed by atoms with Crippen LogP contribution >= 0.6 is 12.6 Å². The quantitative estimate of drug-likeness (QED) is 0.0213. The lowest BCUT2D eigenvalue weighted by atomic mass is 9.96. The highest BCUT2D eigenvalue weighted by Gasteiger charge is 2.47. The predicted octanol–water partition coefficient (Wildman–Crippen LogP) is -7.43. The second-order valence-electron chi connectivity index (χ2n) is 36.4. The molecule has 0 spiro atoms. The van der Waals surface area contributed by atoms with Crippen molar-refractivity contribution in [1.29, 1.82) is 0 Å². The monoisotopic (exact) mass is 2020 g/mol. The molecular weight excluding hydrogens is 1880 g/mol. The van der Waals surface area contributed by atoms with Crippen molar-refractivity contribution in [2.24, 2.45) is 40.9 Å². The number of primary amides is 1. The van der Waals surface area contributed by atoms with Crippen LogP contribution < -0.4 is 97.0 Å². The average Bonchev–Trinajstić information content (AvgIpc) is 1.70. The van der Waals surface area contributed by atoms with Gasteiger partial charge in [-0.05, 0) is 147 Å². The summed E-state index contributed by atoms with van der Waals surface area (Å²) in [6, 6.07) is -24.4. The zero-order valence-electron chi connectivity index (χ0n) is 81.3. The van der Waals surface area contributed by atoms with E-state index in [2.05, 4.69) is 92.4 Å². The normalized spacial score (nSPS) is 18.8. The average molecular weight is 2020 g/mol. The Hall–Kier alpha value is -13.0. The molecule has 51 nitrogen and oxygen atoms in total. The van der Waals surface area contributed by atoms with Crippen LogP contribution in [0, 0.1) is 23.7 Å². The maximum absolute atomic E-state index is 14.7. The van der Waals surface area contributed by atoms with E-state index >= 15 is 0 Å². The zero-order valence-corrected chi connectivity index (χ0v) is 82.2. The van der Waals surface area contributed by atoms with Gasteiger partial charge in [0.05, 0.1) is 37.5 Å². The van der Waals surface area contributed by atoms with Crippen molar-refractivity contribution >= 4 is 149 Å². The van der Waals surface area contributed by atoms with Crippen molar-refractivity contribution in [3.8, 4) is 5.75 Å². The van der Waals surface area contributed by atoms with E-state index in [-0.39, 0.29) is 96.1 Å². The van der Waals surface area contributed by atoms with Gasteiger partial charge < -0.3 is 147 Å². The molecule has 0 aliphatic carbocycles. The number of aliphatic carboxylic acids is 4. The van der Waals surface area contributed by atoms with Gasteiger partial charge in [0.15, 0.2) is 0 Å². The molecule has 28 N–H and O–H groups in total. The molecule has 0 saturated carbocycles. The molecule has 0 bridgehead atoms. The number of aromatic hydroxyl groups is 1. The summed E-state index contributed by atoms with van der Waals surface area (Å²) in [7, 11) is 0. The van der Waals surface area contributed by atoms with Crippen molar-refractivity contribution in [1.82, 2.24) is 94.5 Å². The lowest BCUT2D eigenvalue weighted by molar-refractivity contribution is -0.146. The topological polar surface area (TPSA) is 802 Å². The number of nitrogens with zero attached hydrogens (tertiary/aromatic N) is 3. The number of carboxylic acid groups (broad SMARTS) is 4. The van der Waals surface area contributed by atoms with Crippen LogP contribution in [0.25, 0.3) is 0 Å². The van der Waals surface area contributed by atoms with Gasteiger partial charge in [-0.3, -0.25) is 105 Å². The van der Waals surface area contributed by atoms with Crippen LogP contribution in [-0.2, 0) is 117 Å². The number of carbonyl (C=O) groups is 23. The molecule has 0 aromatic heterocycles. The Morgan fingerprint density at radius 1 is 0.383 bits per heavy atom. The summed E-state index contributed by atoms with van der Waals surface area (Å²) in [4.78, 5) is 317. The molecule has 52 heteroatoms. The van der Waals surface area contributed by atoms with Gasteiger partial charge in [-0.2, -0.15) is 12.6 Å². The van der Waals surface area contributed by atoms with Crippen LogP contribution in [-0.4, -0.2) is 345 Å². The molecule has 3 fully saturated rings. The van der Waals surface area contributed by atoms with E-state index in [0.29, 0.717) is 18.4 Å². The molecule has 1 aromatic carbocycles. The van der Waals surface area contributed by atoms with Crippen molar-refractivity contribution in [3.63, 3.8) is 0 Å². The number of likely N-dealkylation sites (tertiary alicyclic amines) is 3. The fourth-order valence-corrected chi connectivity index (χ4v) is 16.0. The molecule has 23 atom stereocenters. The first kappa shape index (κ1) is 120. The smallest absolute Gasteiger partial charge is 0.326 e. The molecule has 788 valence electrons. The molecule has 141 heavy (non-hydrogen) atoms. The number of carbonyl (C=O) groups excluding carboxylic acids is 19. The van der Waals surface area contributed by atoms with Gasteiger partial charge >= 0.3 is 23.9 Å². The molecule has 0 unspecified atom stereocenters. The molecule has 19 amide bonds. The highest BCUT2D eigenvalue weighted by Crippen LogP contribution is 2.26. The van der Waals surface area contributed by atoms with E-state index in [9.17, 15) is 146 Å². The fraction of sp³-hybridized carbons (Fsp3) is 0.674. The maximum Gasteiger partial charge on any atom is 0.326 e. The number of nitrogens with one attached hydrogen (secondary N) is 15. The van der Waals surface area contributed by atoms with E-state index in [1.54, 1.807) is 20.8 Å². The van der Waals surface area contributed by atoms with E-state index in [1.807, 2.05) is 0 Å². The van der Waals surface area contributed by atoms with Crippen LogP contribution in [0.4, 0.5) is 0 Å². The standard InChI is InChI=1S/C89H141N21O30S/c1-14-42(7)67(104-75(125)54(37-63(117)118)97-73(123)51(29-30-62(115)116)95-81(131)65(40(3)4)102-72(122)46(11)93-74(124)53(35-49-25-27-50(113)28-26-49)98-78(128)58-22-18-32-108(58)86(136)44(9)91)83(133)101-57(39-141)77(127)106-69(47(12)111)84(134)94-45(10)71(121)96-52(21-16-17-31-90)87(137)109-33-19-23-59(109)80(130)107-70(48(13)112)85(135)99-55(38-64(119)120)76(126)105-68(43(8)15-2)88(138)110-34-20-24-60(110)79(129)103-66(41(5)6)82(132)100-56(89(139)140)36-61(92)114/h25-28,40-48,51-60,65-70,111-113,141H,14-24,29-39,90-91H2,1-13H3,(H2,92,114)(H,93,124)(H,94,134)(H,95,131)(H,96,121)(H,97,123)(H,98,128)(H,99,135)(H,100,132)(H,101,133)(H,102,122)(H,103,129)(H,104,125)(H,105,126)(H,106,127)(H,107,130)(H,115,116)(H,117,118)(H,119,120)(H,139,140)/t42-,43-,44-,45-,46-,47+,48+,51-,52-,53-,54-,55-,56-,57-,58-,59-,60-,65-,66-,67-,68-,69-,70-/m0/s1. The van der Waals surface area contributed by atoms with Gasteiger partial charge in [-0.25, -0.2) is 4.79 Å². The van der Waals surface area contributed by atoms with Crippen LogP contribution in [0.5, 0.6) is 5.75 Å². The molecule has 4 rings (SSSR count). The van der Waals surface area contributed by atoms with E-state index < -0.39 is 325 Å². The van der Waals surface area contributed by atoms with Crippen molar-refractivity contribution in [3.05, 3.63) is 29.8 Å². The van der Waals surface area contributed by atoms with Crippen LogP contribution in [0.1, 0.15) is 198 Å². The SMILES string of the molecule is CC[C@H](C)[C@H](NC(=O)[C@H](CC(=O)O)NC(=O)[C@H](CCC(=O)O)NC(=O)[C@@H](NC(=O)[C@H](C)NC(=O)[C@H](Cc1ccc(O)cc1)NC(=O)[C@@H]1CCCN1C(=O)[C@H](C)N)C(C)C)C(=O)N[C@@H](CS)C(=O)N[C@H](C(=O)N[C@@H](C)C(=O)N[C@@H](CCCCN)C(=O)N1CCC[C@H]1C(=O)N[C@H](C(=O)N[C@@H](CC(=O)O)C(=O)N[C@H](C(=O)N1CCC[C@H]1C(=O)N[C@H](C(=O)N[C@@H](CC(N)=O)C(=O)O)C(C)C)[C@@H](C)CC)[C@@H](C)O)[C@@H](C)O. The molecule has 3 saturated heterocycles. The summed E-state index contributed by atoms with van der Waals surface area (Å²) in [6.45, 7) is 18.4. The number of phenolic OH excluding ortho intramolecular Hbond substituents is 1. The number of benzene rings is 1. The number of rotatable bonds is 58. The van der Waals surface area contributed by atoms with Crippen molar-refractivity contribution in [2.45, 2.75) is 326 Å². The van der Waals surface area contributed by atoms with Crippen LogP contribution in [0.2, 0.25) is 0 Å². The number of hydrogen-bond acceptors (Lipinski definition) is 29. The summed E-state index contributed by atoms with van der Waals surface area (Å²) >= 11 is 4.21. The molecule has 3 heterocycles. The molecule has 0 radical (unpaired) electrons. The minimum absolute atomic E-state index is 0.0450. The number of phenols is 1. The Bertz CT molecular complexity index is 4620. The van der Waals surface area contributed by atoms with Gasteiger partial charge in [-0.15, -0.1) is 0 Å². The van der Waals surface area contributed by atoms with E-state index in [0.717, 1.165) is 30.6 Å². The molecular formula is C89H141N21O30S. The largest absolute Gasteiger partial charge is 0.508 e. The summed E-state index contributed by atoms with van der Waals surface area (Å²) in [5.41, 5.74) is 17.3. The molecule has 3 aliphatic rings. The third-order valence-corrected chi connectivity index (χ3v) is 24.7. The third kappa shape index (κ3) is 37.2. The molecule has 3 aliphatic heterocycles. The van der Waals surface area contributed by atoms with E-state index in [4.69, 9.17) is 17.2 Å². The predicted molar refractivity (Wildman–Crippen MR) is 502 cm³/mol. The third-order valence-electron chi connectivity index (χ3n) is 24.3. The lowest BCUT2D eigenvalue weighted by Gasteiger charge is -2.33. The summed E-state index contributed by atoms with van der Waals surface area (Å²) in [6.07, 6.45) is -6.62. The number of amides is 19. The number of carboxylic acids is 4. The Labute approximate surface area is 820 Å². The Balaban J connectivity index is 1.47. The first-order chi connectivity index (χ1) is 66.0. The Kier molecular flexibility index (Phi) is 49.2. The first-order valence-electron chi connectivity index (χ1n) is 46.9. The Morgan fingerprint density at radius 2 is 0.745 bits per heavy atom. The fourth-order valence-electron chi connectivity index (χ4n) is 15.7. The summed E-state index contributed by atoms with van der Waals surface area (Å²) in [5.74, 6) is -29.7. The van der Waals surface area contributed by atoms with Gasteiger partial charge in [0.25, 0.3) is 0 Å². The van der Waals surface area contributed by atoms with Gasteiger partial charge in [0, 0.05) is 38.2 Å². The maximum atomic E-state index is 14.7. The number of aliphatic hydroxyl groups is 2. The van der Waals surface area contributed by atoms with Crippen molar-refractivity contribution < 1.29 is 146 Å². The zero-order chi connectivity index (χ0) is 107.